The zero-order chi connectivity index (χ0) is 16.7. The second kappa shape index (κ2) is 8.22. The average molecular weight is 311 g/mol. The monoisotopic (exact) mass is 311 g/mol. The normalized spacial score (nSPS) is 10.2. The number of nitrogens with zero attached hydrogens (tertiary/aromatic N) is 1. The minimum atomic E-state index is 0.0177. The van der Waals surface area contributed by atoms with E-state index in [-0.39, 0.29) is 5.91 Å². The molecule has 2 N–H and O–H groups in total. The largest absolute Gasteiger partial charge is 0.384 e. The van der Waals surface area contributed by atoms with Crippen LogP contribution < -0.4 is 15.5 Å². The summed E-state index contributed by atoms with van der Waals surface area (Å²) >= 11 is 0. The maximum absolute atomic E-state index is 12.0. The van der Waals surface area contributed by atoms with E-state index in [1.807, 2.05) is 55.4 Å². The molecular formula is C19H25N3O. The molecule has 0 aliphatic rings. The first-order chi connectivity index (χ1) is 11.1. The molecule has 2 rings (SSSR count). The van der Waals surface area contributed by atoms with Crippen molar-refractivity contribution in [3.63, 3.8) is 0 Å². The number of carbonyl (C=O) groups excluding carboxylic acids is 1. The lowest BCUT2D eigenvalue weighted by Crippen LogP contribution is -2.16. The predicted molar refractivity (Wildman–Crippen MR) is 98.3 cm³/mol. The number of para-hydroxylation sites is 1. The summed E-state index contributed by atoms with van der Waals surface area (Å²) in [7, 11) is 3.99. The first kappa shape index (κ1) is 16.9. The van der Waals surface area contributed by atoms with Crippen molar-refractivity contribution in [3.8, 4) is 0 Å². The van der Waals surface area contributed by atoms with Gasteiger partial charge in [0.2, 0.25) is 5.91 Å². The maximum Gasteiger partial charge on any atom is 0.226 e. The molecule has 122 valence electrons. The Balaban J connectivity index is 1.81. The van der Waals surface area contributed by atoms with Crippen molar-refractivity contribution in [1.82, 2.24) is 0 Å². The summed E-state index contributed by atoms with van der Waals surface area (Å²) in [5.74, 6) is 0.0177. The Morgan fingerprint density at radius 3 is 2.39 bits per heavy atom. The first-order valence-corrected chi connectivity index (χ1v) is 7.99. The molecule has 1 amide bonds. The smallest absolute Gasteiger partial charge is 0.226 e. The second-order valence-corrected chi connectivity index (χ2v) is 5.68. The standard InChI is InChI=1S/C19H25N3O/c1-4-15-7-5-6-8-18(15)20-14-13-19(23)21-16-9-11-17(12-10-16)22(2)3/h5-12,20H,4,13-14H2,1-3H3,(H,21,23). The number of rotatable bonds is 7. The Labute approximate surface area is 138 Å². The Morgan fingerprint density at radius 1 is 1.04 bits per heavy atom. The van der Waals surface area contributed by atoms with E-state index in [2.05, 4.69) is 29.7 Å². The van der Waals surface area contributed by atoms with E-state index in [0.29, 0.717) is 13.0 Å². The molecule has 4 nitrogen and oxygen atoms in total. The van der Waals surface area contributed by atoms with Crippen molar-refractivity contribution in [2.24, 2.45) is 0 Å². The SMILES string of the molecule is CCc1ccccc1NCCC(=O)Nc1ccc(N(C)C)cc1. The third-order valence-electron chi connectivity index (χ3n) is 3.73. The molecule has 0 bridgehead atoms. The van der Waals surface area contributed by atoms with E-state index in [0.717, 1.165) is 23.5 Å². The van der Waals surface area contributed by atoms with Crippen LogP contribution in [0.2, 0.25) is 0 Å². The van der Waals surface area contributed by atoms with Crippen molar-refractivity contribution in [2.75, 3.05) is 36.2 Å². The molecule has 0 aliphatic heterocycles. The van der Waals surface area contributed by atoms with Gasteiger partial charge in [0.05, 0.1) is 0 Å². The second-order valence-electron chi connectivity index (χ2n) is 5.68. The topological polar surface area (TPSA) is 44.4 Å². The zero-order valence-electron chi connectivity index (χ0n) is 14.1. The molecule has 0 heterocycles. The summed E-state index contributed by atoms with van der Waals surface area (Å²) in [6.45, 7) is 2.75. The Kier molecular flexibility index (Phi) is 6.03. The van der Waals surface area contributed by atoms with Gasteiger partial charge >= 0.3 is 0 Å². The highest BCUT2D eigenvalue weighted by atomic mass is 16.1. The minimum Gasteiger partial charge on any atom is -0.384 e. The summed E-state index contributed by atoms with van der Waals surface area (Å²) in [5, 5.41) is 6.26. The van der Waals surface area contributed by atoms with Gasteiger partial charge in [-0.2, -0.15) is 0 Å². The lowest BCUT2D eigenvalue weighted by atomic mass is 10.1. The number of anilines is 3. The lowest BCUT2D eigenvalue weighted by molar-refractivity contribution is -0.115. The van der Waals surface area contributed by atoms with Gasteiger partial charge in [-0.05, 0) is 42.3 Å². The van der Waals surface area contributed by atoms with Gasteiger partial charge in [-0.25, -0.2) is 0 Å². The van der Waals surface area contributed by atoms with Crippen LogP contribution in [-0.2, 0) is 11.2 Å². The van der Waals surface area contributed by atoms with Gasteiger partial charge in [0.1, 0.15) is 0 Å². The molecule has 4 heteroatoms. The van der Waals surface area contributed by atoms with Crippen LogP contribution >= 0.6 is 0 Å². The van der Waals surface area contributed by atoms with Crippen molar-refractivity contribution >= 4 is 23.0 Å². The summed E-state index contributed by atoms with van der Waals surface area (Å²) in [4.78, 5) is 14.0. The molecule has 0 saturated heterocycles. The number of carbonyl (C=O) groups is 1. The van der Waals surface area contributed by atoms with Crippen molar-refractivity contribution < 1.29 is 4.79 Å². The highest BCUT2D eigenvalue weighted by molar-refractivity contribution is 5.91. The molecule has 0 radical (unpaired) electrons. The molecule has 23 heavy (non-hydrogen) atoms. The molecule has 0 atom stereocenters. The molecule has 0 unspecified atom stereocenters. The highest BCUT2D eigenvalue weighted by Gasteiger charge is 2.04. The molecule has 0 aromatic heterocycles. The quantitative estimate of drug-likeness (QED) is 0.818. The molecular weight excluding hydrogens is 286 g/mol. The van der Waals surface area contributed by atoms with Crippen LogP contribution in [0.1, 0.15) is 18.9 Å². The molecule has 0 aliphatic carbocycles. The van der Waals surface area contributed by atoms with Gasteiger partial charge in [0.25, 0.3) is 0 Å². The van der Waals surface area contributed by atoms with Crippen LogP contribution in [0, 0.1) is 0 Å². The zero-order valence-corrected chi connectivity index (χ0v) is 14.1. The summed E-state index contributed by atoms with van der Waals surface area (Å²) < 4.78 is 0. The number of nitrogens with one attached hydrogen (secondary N) is 2. The average Bonchev–Trinajstić information content (AvgIpc) is 2.55. The van der Waals surface area contributed by atoms with Crippen molar-refractivity contribution in [2.45, 2.75) is 19.8 Å². The fourth-order valence-electron chi connectivity index (χ4n) is 2.38. The number of hydrogen-bond acceptors (Lipinski definition) is 3. The third-order valence-corrected chi connectivity index (χ3v) is 3.73. The van der Waals surface area contributed by atoms with Crippen LogP contribution in [0.4, 0.5) is 17.1 Å². The summed E-state index contributed by atoms with van der Waals surface area (Å²) in [6, 6.07) is 16.0. The van der Waals surface area contributed by atoms with Gasteiger partial charge in [-0.3, -0.25) is 4.79 Å². The number of hydrogen-bond donors (Lipinski definition) is 2. The van der Waals surface area contributed by atoms with E-state index < -0.39 is 0 Å². The Morgan fingerprint density at radius 2 is 1.74 bits per heavy atom. The van der Waals surface area contributed by atoms with Gasteiger partial charge in [0.15, 0.2) is 0 Å². The first-order valence-electron chi connectivity index (χ1n) is 7.99. The number of benzene rings is 2. The van der Waals surface area contributed by atoms with Gasteiger partial charge < -0.3 is 15.5 Å². The lowest BCUT2D eigenvalue weighted by Gasteiger charge is -2.13. The van der Waals surface area contributed by atoms with Gasteiger partial charge in [-0.1, -0.05) is 25.1 Å². The van der Waals surface area contributed by atoms with Gasteiger partial charge in [0, 0.05) is 44.1 Å². The number of amides is 1. The Bertz CT molecular complexity index is 635. The fourth-order valence-corrected chi connectivity index (χ4v) is 2.38. The molecule has 2 aromatic rings. The van der Waals surface area contributed by atoms with Crippen molar-refractivity contribution in [1.29, 1.82) is 0 Å². The maximum atomic E-state index is 12.0. The third kappa shape index (κ3) is 5.02. The van der Waals surface area contributed by atoms with Crippen LogP contribution in [0.15, 0.2) is 48.5 Å². The van der Waals surface area contributed by atoms with Gasteiger partial charge in [-0.15, -0.1) is 0 Å². The van der Waals surface area contributed by atoms with Crippen LogP contribution in [0.25, 0.3) is 0 Å². The molecule has 0 fully saturated rings. The van der Waals surface area contributed by atoms with E-state index in [4.69, 9.17) is 0 Å². The van der Waals surface area contributed by atoms with Crippen LogP contribution in [0.3, 0.4) is 0 Å². The molecule has 0 saturated carbocycles. The molecule has 2 aromatic carbocycles. The minimum absolute atomic E-state index is 0.0177. The fraction of sp³-hybridized carbons (Fsp3) is 0.316. The highest BCUT2D eigenvalue weighted by Crippen LogP contribution is 2.17. The Hall–Kier alpha value is -2.49. The van der Waals surface area contributed by atoms with Crippen LogP contribution in [0.5, 0.6) is 0 Å². The van der Waals surface area contributed by atoms with Crippen LogP contribution in [-0.4, -0.2) is 26.5 Å². The van der Waals surface area contributed by atoms with E-state index in [9.17, 15) is 4.79 Å². The van der Waals surface area contributed by atoms with E-state index in [1.54, 1.807) is 0 Å². The molecule has 0 spiro atoms. The van der Waals surface area contributed by atoms with E-state index in [1.165, 1.54) is 5.56 Å². The predicted octanol–water partition coefficient (Wildman–Crippen LogP) is 3.76. The van der Waals surface area contributed by atoms with Crippen molar-refractivity contribution in [3.05, 3.63) is 54.1 Å². The summed E-state index contributed by atoms with van der Waals surface area (Å²) in [6.07, 6.45) is 1.42. The summed E-state index contributed by atoms with van der Waals surface area (Å²) in [5.41, 5.74) is 4.32. The van der Waals surface area contributed by atoms with E-state index >= 15 is 0 Å². The number of aryl methyl sites for hydroxylation is 1.